The lowest BCUT2D eigenvalue weighted by molar-refractivity contribution is 0.669. The van der Waals surface area contributed by atoms with Gasteiger partial charge in [0.1, 0.15) is 22.3 Å². The van der Waals surface area contributed by atoms with Crippen LogP contribution in [-0.4, -0.2) is 44.9 Å². The maximum Gasteiger partial charge on any atom is 0.226 e. The number of hydrogen-bond donors (Lipinski definition) is 0. The molecular weight excluding hydrogens is 1460 g/mol. The Morgan fingerprint density at radius 1 is 0.205 bits per heavy atom. The highest BCUT2D eigenvalue weighted by atomic mass is 35.5. The standard InChI is InChI=1S/C33H20ClN3O.C33H20ClN3S.C31H18ClN3O/c34-33-36-31(24-11-5-2-6-12-24)35-32(37-33)27-15-8-16-28-29(27)26-14-7-13-25(30(26)38-28)23-19-17-22(18-20-23)21-9-3-1-4-10-21;34-33-36-31(22-11-5-2-6-12-22)35-32(37-33)26-18-24(21-9-3-1-4-10-21)17-25(19-26)23-15-16-30-28(20-23)27-13-7-8-14-29(27)38-30;32-31-34-29(20-10-2-1-3-11-20)33-30(35-31)25-17-8-18-26-27(25)24-16-7-15-23(28(24)36-26)22-14-6-12-19-9-4-5-13-21(19)22/h2*1-20H;1-18H. The Labute approximate surface area is 661 Å². The van der Waals surface area contributed by atoms with E-state index < -0.39 is 0 Å². The fourth-order valence-electron chi connectivity index (χ4n) is 14.6. The van der Waals surface area contributed by atoms with Gasteiger partial charge in [-0.2, -0.15) is 29.9 Å². The first kappa shape index (κ1) is 68.8. The maximum atomic E-state index is 6.49. The van der Waals surface area contributed by atoms with E-state index in [9.17, 15) is 0 Å². The molecule has 15 heteroatoms. The largest absolute Gasteiger partial charge is 0.455 e. The molecule has 6 heterocycles. The minimum Gasteiger partial charge on any atom is -0.455 e. The number of para-hydroxylation sites is 2. The van der Waals surface area contributed by atoms with E-state index in [1.807, 2.05) is 151 Å². The first-order chi connectivity index (χ1) is 55.2. The van der Waals surface area contributed by atoms with Crippen molar-refractivity contribution in [2.75, 3.05) is 0 Å². The molecule has 0 spiro atoms. The SMILES string of the molecule is Clc1nc(-c2ccccc2)nc(-c2cc(-c3ccccc3)cc(-c3ccc4sc5ccccc5c4c3)c2)n1.Clc1nc(-c2ccccc2)nc(-c2cccc3oc4c(-c5ccc(-c6ccccc6)cc5)cccc4c23)n1.Clc1nc(-c2ccccc2)nc(-c2cccc3oc4c(-c5cccc6ccccc56)cccc4c23)n1. The molecule has 21 aromatic rings. The molecule has 0 atom stereocenters. The number of rotatable bonds is 11. The number of thiophene rings is 1. The van der Waals surface area contributed by atoms with E-state index in [0.717, 1.165) is 122 Å². The van der Waals surface area contributed by atoms with Gasteiger partial charge in [0.15, 0.2) is 34.9 Å². The van der Waals surface area contributed by atoms with Gasteiger partial charge in [0.25, 0.3) is 0 Å². The van der Waals surface area contributed by atoms with Gasteiger partial charge < -0.3 is 8.83 Å². The molecule has 6 aromatic heterocycles. The van der Waals surface area contributed by atoms with E-state index >= 15 is 0 Å². The smallest absolute Gasteiger partial charge is 0.226 e. The zero-order valence-electron chi connectivity index (χ0n) is 59.4. The second-order valence-electron chi connectivity index (χ2n) is 26.7. The minimum atomic E-state index is 0.151. The topological polar surface area (TPSA) is 142 Å². The third-order valence-corrected chi connectivity index (χ3v) is 21.5. The van der Waals surface area contributed by atoms with Crippen molar-refractivity contribution in [2.45, 2.75) is 0 Å². The molecule has 0 aliphatic carbocycles. The molecule has 11 nitrogen and oxygen atoms in total. The predicted octanol–water partition coefficient (Wildman–Crippen LogP) is 27.2. The van der Waals surface area contributed by atoms with Crippen LogP contribution >= 0.6 is 46.1 Å². The Hall–Kier alpha value is -13.7. The Balaban J connectivity index is 0.000000113. The zero-order valence-corrected chi connectivity index (χ0v) is 62.5. The van der Waals surface area contributed by atoms with Crippen molar-refractivity contribution in [3.05, 3.63) is 368 Å². The minimum absolute atomic E-state index is 0.151. The van der Waals surface area contributed by atoms with E-state index in [1.165, 1.54) is 42.1 Å². The summed E-state index contributed by atoms with van der Waals surface area (Å²) in [6, 6.07) is 120. The summed E-state index contributed by atoms with van der Waals surface area (Å²) in [5.74, 6) is 3.19. The van der Waals surface area contributed by atoms with Crippen molar-refractivity contribution in [3.8, 4) is 124 Å². The second kappa shape index (κ2) is 30.0. The monoisotopic (exact) mass is 1520 g/mol. The predicted molar refractivity (Wildman–Crippen MR) is 459 cm³/mol. The van der Waals surface area contributed by atoms with Gasteiger partial charge in [-0.1, -0.05) is 303 Å². The Bertz CT molecular complexity index is 7110. The van der Waals surface area contributed by atoms with Gasteiger partial charge >= 0.3 is 0 Å². The molecule has 21 rings (SSSR count). The third kappa shape index (κ3) is 13.6. The van der Waals surface area contributed by atoms with E-state index in [1.54, 1.807) is 0 Å². The number of nitrogens with zero attached hydrogens (tertiary/aromatic N) is 9. The molecule has 0 saturated heterocycles. The van der Waals surface area contributed by atoms with Crippen LogP contribution in [0.2, 0.25) is 15.9 Å². The molecule has 530 valence electrons. The normalized spacial score (nSPS) is 11.3. The van der Waals surface area contributed by atoms with Crippen LogP contribution in [0, 0.1) is 0 Å². The summed E-state index contributed by atoms with van der Waals surface area (Å²) in [5.41, 5.74) is 19.6. The Morgan fingerprint density at radius 2 is 0.554 bits per heavy atom. The molecule has 0 N–H and O–H groups in total. The average molecular weight is 1520 g/mol. The molecule has 0 bridgehead atoms. The van der Waals surface area contributed by atoms with Crippen LogP contribution < -0.4 is 0 Å². The van der Waals surface area contributed by atoms with Crippen molar-refractivity contribution in [1.29, 1.82) is 0 Å². The van der Waals surface area contributed by atoms with Gasteiger partial charge in [-0.25, -0.2) is 15.0 Å². The van der Waals surface area contributed by atoms with Crippen molar-refractivity contribution in [3.63, 3.8) is 0 Å². The molecule has 0 unspecified atom stereocenters. The Kier molecular flexibility index (Phi) is 18.4. The van der Waals surface area contributed by atoms with Crippen molar-refractivity contribution in [2.24, 2.45) is 0 Å². The van der Waals surface area contributed by atoms with Crippen LogP contribution in [0.25, 0.3) is 199 Å². The first-order valence-corrected chi connectivity index (χ1v) is 38.2. The van der Waals surface area contributed by atoms with Gasteiger partial charge in [-0.3, -0.25) is 0 Å². The van der Waals surface area contributed by atoms with Crippen LogP contribution in [0.5, 0.6) is 0 Å². The molecule has 0 radical (unpaired) electrons. The van der Waals surface area contributed by atoms with Crippen molar-refractivity contribution >= 4 is 121 Å². The van der Waals surface area contributed by atoms with Gasteiger partial charge in [0.05, 0.1) is 0 Å². The first-order valence-electron chi connectivity index (χ1n) is 36.3. The Morgan fingerprint density at radius 3 is 1.11 bits per heavy atom. The van der Waals surface area contributed by atoms with Crippen molar-refractivity contribution in [1.82, 2.24) is 44.9 Å². The van der Waals surface area contributed by atoms with Gasteiger partial charge in [0.2, 0.25) is 15.9 Å². The summed E-state index contributed by atoms with van der Waals surface area (Å²) in [6.07, 6.45) is 0. The molecule has 0 saturated carbocycles. The van der Waals surface area contributed by atoms with Crippen LogP contribution in [0.3, 0.4) is 0 Å². The van der Waals surface area contributed by atoms with Crippen molar-refractivity contribution < 1.29 is 8.83 Å². The summed E-state index contributed by atoms with van der Waals surface area (Å²) >= 11 is 21.0. The zero-order chi connectivity index (χ0) is 75.0. The number of halogens is 3. The van der Waals surface area contributed by atoms with Crippen LogP contribution in [0.4, 0.5) is 0 Å². The summed E-state index contributed by atoms with van der Waals surface area (Å²) in [7, 11) is 0. The fourth-order valence-corrected chi connectivity index (χ4v) is 16.2. The summed E-state index contributed by atoms with van der Waals surface area (Å²) in [5, 5.41) is 9.31. The average Bonchev–Trinajstić information content (AvgIpc) is 1.59. The lowest BCUT2D eigenvalue weighted by Crippen LogP contribution is -1.98. The van der Waals surface area contributed by atoms with E-state index in [-0.39, 0.29) is 15.9 Å². The number of furan rings is 2. The number of hydrogen-bond acceptors (Lipinski definition) is 12. The van der Waals surface area contributed by atoms with E-state index in [2.05, 4.69) is 242 Å². The molecule has 0 aliphatic heterocycles. The highest BCUT2D eigenvalue weighted by Gasteiger charge is 2.23. The maximum absolute atomic E-state index is 6.49. The molecular formula is C97H58Cl3N9O2S. The lowest BCUT2D eigenvalue weighted by Gasteiger charge is -2.11. The molecule has 112 heavy (non-hydrogen) atoms. The number of fused-ring (bicyclic) bond motifs is 10. The summed E-state index contributed by atoms with van der Waals surface area (Å²) in [6.45, 7) is 0. The van der Waals surface area contributed by atoms with Gasteiger partial charge in [0, 0.05) is 86.2 Å². The van der Waals surface area contributed by atoms with E-state index in [0.29, 0.717) is 34.9 Å². The van der Waals surface area contributed by atoms with Gasteiger partial charge in [-0.05, 0) is 139 Å². The number of benzene rings is 15. The lowest BCUT2D eigenvalue weighted by atomic mass is 9.95. The van der Waals surface area contributed by atoms with Crippen LogP contribution in [-0.2, 0) is 0 Å². The van der Waals surface area contributed by atoms with E-state index in [4.69, 9.17) is 58.6 Å². The van der Waals surface area contributed by atoms with Crippen LogP contribution in [0.15, 0.2) is 361 Å². The molecule has 0 aliphatic rings. The van der Waals surface area contributed by atoms with Gasteiger partial charge in [-0.15, -0.1) is 11.3 Å². The molecule has 0 amide bonds. The fraction of sp³-hybridized carbons (Fsp3) is 0. The molecule has 15 aromatic carbocycles. The highest BCUT2D eigenvalue weighted by Crippen LogP contribution is 2.45. The quantitative estimate of drug-likeness (QED) is 0.122. The summed E-state index contributed by atoms with van der Waals surface area (Å²) < 4.78 is 15.5. The third-order valence-electron chi connectivity index (χ3n) is 19.8. The highest BCUT2D eigenvalue weighted by molar-refractivity contribution is 7.25. The number of aromatic nitrogens is 9. The molecule has 0 fully saturated rings. The summed E-state index contributed by atoms with van der Waals surface area (Å²) in [4.78, 5) is 41.0. The second-order valence-corrected chi connectivity index (χ2v) is 28.8. The van der Waals surface area contributed by atoms with Crippen LogP contribution in [0.1, 0.15) is 0 Å².